The van der Waals surface area contributed by atoms with E-state index < -0.39 is 60.0 Å². The molecule has 10 heteroatoms. The fourth-order valence-electron chi connectivity index (χ4n) is 4.40. The second-order valence-corrected chi connectivity index (χ2v) is 8.73. The number of carbonyl (C=O) groups is 1. The third-order valence-electron chi connectivity index (χ3n) is 6.51. The molecule has 0 aromatic carbocycles. The average Bonchev–Trinajstić information content (AvgIpc) is 3.14. The summed E-state index contributed by atoms with van der Waals surface area (Å²) in [7, 11) is 0. The minimum atomic E-state index is -4.62. The summed E-state index contributed by atoms with van der Waals surface area (Å²) in [5.41, 5.74) is -2.34. The van der Waals surface area contributed by atoms with Crippen LogP contribution in [0.4, 0.5) is 17.6 Å². The van der Waals surface area contributed by atoms with Gasteiger partial charge in [0.2, 0.25) is 0 Å². The van der Waals surface area contributed by atoms with Gasteiger partial charge in [0.25, 0.3) is 0 Å². The standard InChI is InChI=1S/C22H32F4O5.Na/c1-3-4-11-21(2,22(24,25)26)17(28)10-9-13-14(27)12-16-19(13)20(23)15(31-16)7-5-6-8-18(29)30;/h5,7,9-10,13-17,19-20,27-28H,3-4,6,8,11-12H2,1-2H3,(H,29,30);/q;+1/p-1/b7-5+,10-9+;/t13-,14+,15+,16+,17+,19+,20?,21?;/m0./s1. The third kappa shape index (κ3) is 6.79. The summed E-state index contributed by atoms with van der Waals surface area (Å²) < 4.78 is 61.4. The smallest absolute Gasteiger partial charge is 0.550 e. The number of ether oxygens (including phenoxy) is 1. The van der Waals surface area contributed by atoms with Crippen LogP contribution in [0, 0.1) is 17.3 Å². The number of unbranched alkanes of at least 4 members (excludes halogenated alkanes) is 1. The molecule has 178 valence electrons. The molecule has 0 aromatic rings. The molecule has 0 amide bonds. The van der Waals surface area contributed by atoms with Crippen LogP contribution in [0.25, 0.3) is 0 Å². The Morgan fingerprint density at radius 3 is 2.53 bits per heavy atom. The van der Waals surface area contributed by atoms with Crippen LogP contribution in [-0.2, 0) is 9.53 Å². The number of fused-ring (bicyclic) bond motifs is 1. The second kappa shape index (κ2) is 12.3. The number of halogens is 4. The second-order valence-electron chi connectivity index (χ2n) is 8.73. The SMILES string of the molecule is CCCCC(C)([C@H](O)/C=C/[C@@H]1[C@H]2C(F)[C@@H](/C=C/CCC(=O)[O-])O[C@@H]2C[C@H]1O)C(F)(F)F.[Na+]. The first-order chi connectivity index (χ1) is 14.4. The van der Waals surface area contributed by atoms with Crippen molar-refractivity contribution in [3.05, 3.63) is 24.3 Å². The zero-order chi connectivity index (χ0) is 23.4. The summed E-state index contributed by atoms with van der Waals surface area (Å²) in [6, 6.07) is 0. The molecule has 32 heavy (non-hydrogen) atoms. The first-order valence-electron chi connectivity index (χ1n) is 10.7. The van der Waals surface area contributed by atoms with Gasteiger partial charge in [-0.3, -0.25) is 0 Å². The molecule has 1 saturated heterocycles. The van der Waals surface area contributed by atoms with Crippen LogP contribution >= 0.6 is 0 Å². The Kier molecular flexibility index (Phi) is 11.4. The van der Waals surface area contributed by atoms with E-state index in [-0.39, 0.29) is 55.2 Å². The quantitative estimate of drug-likeness (QED) is 0.261. The third-order valence-corrected chi connectivity index (χ3v) is 6.51. The first kappa shape index (κ1) is 29.6. The van der Waals surface area contributed by atoms with Gasteiger partial charge >= 0.3 is 35.7 Å². The molecule has 1 heterocycles. The Bertz CT molecular complexity index is 671. The largest absolute Gasteiger partial charge is 1.00 e. The van der Waals surface area contributed by atoms with E-state index in [1.54, 1.807) is 6.92 Å². The molecular formula is C22H31F4NaO5. The van der Waals surface area contributed by atoms with Crippen LogP contribution in [0.15, 0.2) is 24.3 Å². The van der Waals surface area contributed by atoms with Gasteiger partial charge in [0.15, 0.2) is 0 Å². The van der Waals surface area contributed by atoms with Gasteiger partial charge in [-0.05, 0) is 26.2 Å². The number of hydrogen-bond acceptors (Lipinski definition) is 5. The summed E-state index contributed by atoms with van der Waals surface area (Å²) in [5, 5.41) is 31.1. The molecule has 8 atom stereocenters. The van der Waals surface area contributed by atoms with Crippen LogP contribution in [0.5, 0.6) is 0 Å². The van der Waals surface area contributed by atoms with Crippen molar-refractivity contribution in [2.75, 3.05) is 0 Å². The number of aliphatic carboxylic acids is 1. The van der Waals surface area contributed by atoms with Gasteiger partial charge in [0.05, 0.1) is 23.7 Å². The fourth-order valence-corrected chi connectivity index (χ4v) is 4.40. The Morgan fingerprint density at radius 1 is 1.31 bits per heavy atom. The molecule has 2 aliphatic rings. The van der Waals surface area contributed by atoms with Crippen molar-refractivity contribution in [3.8, 4) is 0 Å². The zero-order valence-corrected chi connectivity index (χ0v) is 20.7. The molecule has 2 unspecified atom stereocenters. The predicted octanol–water partition coefficient (Wildman–Crippen LogP) is -0.145. The van der Waals surface area contributed by atoms with E-state index in [1.165, 1.54) is 18.2 Å². The van der Waals surface area contributed by atoms with Crippen molar-refractivity contribution in [1.82, 2.24) is 0 Å². The fraction of sp³-hybridized carbons (Fsp3) is 0.773. The normalized spacial score (nSPS) is 33.2. The number of rotatable bonds is 10. The first-order valence-corrected chi connectivity index (χ1v) is 10.7. The monoisotopic (exact) mass is 474 g/mol. The molecule has 1 aliphatic carbocycles. The molecule has 0 spiro atoms. The topological polar surface area (TPSA) is 89.8 Å². The Morgan fingerprint density at radius 2 is 1.97 bits per heavy atom. The van der Waals surface area contributed by atoms with Crippen molar-refractivity contribution in [1.29, 1.82) is 0 Å². The van der Waals surface area contributed by atoms with Gasteiger partial charge < -0.3 is 24.9 Å². The average molecular weight is 474 g/mol. The number of aliphatic hydroxyl groups excluding tert-OH is 2. The van der Waals surface area contributed by atoms with Crippen molar-refractivity contribution < 1.29 is 72.0 Å². The van der Waals surface area contributed by atoms with E-state index in [9.17, 15) is 37.7 Å². The summed E-state index contributed by atoms with van der Waals surface area (Å²) in [6.07, 6.45) is -4.57. The minimum Gasteiger partial charge on any atom is -0.550 e. The van der Waals surface area contributed by atoms with E-state index >= 15 is 0 Å². The van der Waals surface area contributed by atoms with Gasteiger partial charge in [-0.25, -0.2) is 4.39 Å². The molecule has 0 radical (unpaired) electrons. The van der Waals surface area contributed by atoms with Crippen LogP contribution < -0.4 is 34.7 Å². The number of alkyl halides is 4. The number of carboxylic acid groups (broad SMARTS) is 1. The molecule has 0 aromatic heterocycles. The molecule has 5 nitrogen and oxygen atoms in total. The molecule has 1 saturated carbocycles. The van der Waals surface area contributed by atoms with E-state index in [0.29, 0.717) is 12.8 Å². The minimum absolute atomic E-state index is 0. The number of carboxylic acids is 1. The summed E-state index contributed by atoms with van der Waals surface area (Å²) in [5.74, 6) is -2.77. The van der Waals surface area contributed by atoms with Gasteiger partial charge in [-0.1, -0.05) is 44.1 Å². The number of aliphatic hydroxyl groups is 2. The van der Waals surface area contributed by atoms with Crippen LogP contribution in [0.1, 0.15) is 52.4 Å². The zero-order valence-electron chi connectivity index (χ0n) is 18.7. The molecular weight excluding hydrogens is 443 g/mol. The summed E-state index contributed by atoms with van der Waals surface area (Å²) in [6.45, 7) is 2.73. The van der Waals surface area contributed by atoms with Crippen molar-refractivity contribution in [3.63, 3.8) is 0 Å². The summed E-state index contributed by atoms with van der Waals surface area (Å²) in [4.78, 5) is 10.4. The number of carbonyl (C=O) groups excluding carboxylic acids is 1. The van der Waals surface area contributed by atoms with Crippen LogP contribution in [0.2, 0.25) is 0 Å². The predicted molar refractivity (Wildman–Crippen MR) is 103 cm³/mol. The van der Waals surface area contributed by atoms with Crippen molar-refractivity contribution in [2.45, 2.75) is 89.1 Å². The van der Waals surface area contributed by atoms with Gasteiger partial charge in [0.1, 0.15) is 12.3 Å². The van der Waals surface area contributed by atoms with Gasteiger partial charge in [-0.2, -0.15) is 13.2 Å². The van der Waals surface area contributed by atoms with Gasteiger partial charge in [0, 0.05) is 24.2 Å². The Balaban J connectivity index is 0.00000512. The van der Waals surface area contributed by atoms with Crippen LogP contribution in [-0.4, -0.2) is 52.9 Å². The Hall–Kier alpha value is -0.450. The van der Waals surface area contributed by atoms with Crippen LogP contribution in [0.3, 0.4) is 0 Å². The Labute approximate surface area is 208 Å². The van der Waals surface area contributed by atoms with Crippen molar-refractivity contribution in [2.24, 2.45) is 17.3 Å². The van der Waals surface area contributed by atoms with E-state index in [1.807, 2.05) is 0 Å². The molecule has 2 N–H and O–H groups in total. The molecule has 1 aliphatic heterocycles. The molecule has 2 rings (SSSR count). The number of allylic oxidation sites excluding steroid dienone is 1. The summed E-state index contributed by atoms with van der Waals surface area (Å²) >= 11 is 0. The van der Waals surface area contributed by atoms with Crippen molar-refractivity contribution >= 4 is 5.97 Å². The maximum atomic E-state index is 15.0. The maximum absolute atomic E-state index is 15.0. The van der Waals surface area contributed by atoms with Gasteiger partial charge in [-0.15, -0.1) is 0 Å². The van der Waals surface area contributed by atoms with E-state index in [2.05, 4.69) is 0 Å². The van der Waals surface area contributed by atoms with E-state index in [0.717, 1.165) is 13.0 Å². The number of hydrogen-bond donors (Lipinski definition) is 2. The van der Waals surface area contributed by atoms with E-state index in [4.69, 9.17) is 4.74 Å². The molecule has 0 bridgehead atoms. The maximum Gasteiger partial charge on any atom is 1.00 e. The molecule has 2 fully saturated rings.